The molecule has 0 aliphatic carbocycles. The molecule has 6 heteroatoms. The minimum absolute atomic E-state index is 0.149. The van der Waals surface area contributed by atoms with Crippen LogP contribution in [0.25, 0.3) is 0 Å². The third kappa shape index (κ3) is 4.69. The highest BCUT2D eigenvalue weighted by Crippen LogP contribution is 2.28. The highest BCUT2D eigenvalue weighted by Gasteiger charge is 2.38. The Labute approximate surface area is 123 Å². The largest absolute Gasteiger partial charge is 0.315 e. The quantitative estimate of drug-likeness (QED) is 0.655. The first-order valence-electron chi connectivity index (χ1n) is 7.95. The predicted octanol–water partition coefficient (Wildman–Crippen LogP) is 0.921. The molecule has 2 aliphatic heterocycles. The molecule has 118 valence electrons. The lowest BCUT2D eigenvalue weighted by molar-refractivity contribution is 0.309. The van der Waals surface area contributed by atoms with Crippen LogP contribution in [0.1, 0.15) is 46.0 Å². The summed E-state index contributed by atoms with van der Waals surface area (Å²) in [4.78, 5) is 2.43. The number of rotatable bonds is 8. The normalized spacial score (nSPS) is 27.4. The molecule has 2 unspecified atom stereocenters. The summed E-state index contributed by atoms with van der Waals surface area (Å²) in [7, 11) is -3.11. The van der Waals surface area contributed by atoms with E-state index >= 15 is 0 Å². The second-order valence-electron chi connectivity index (χ2n) is 6.39. The molecule has 0 aromatic heterocycles. The number of hydrogen-bond donors (Lipinski definition) is 2. The van der Waals surface area contributed by atoms with Gasteiger partial charge in [-0.1, -0.05) is 13.8 Å². The van der Waals surface area contributed by atoms with Gasteiger partial charge in [-0.15, -0.1) is 0 Å². The van der Waals surface area contributed by atoms with Crippen LogP contribution in [-0.2, 0) is 10.0 Å². The van der Waals surface area contributed by atoms with Crippen molar-refractivity contribution in [1.82, 2.24) is 14.9 Å². The Bertz CT molecular complexity index is 397. The van der Waals surface area contributed by atoms with Crippen molar-refractivity contribution in [3.8, 4) is 0 Å². The maximum atomic E-state index is 12.1. The van der Waals surface area contributed by atoms with Crippen LogP contribution in [0.2, 0.25) is 0 Å². The van der Waals surface area contributed by atoms with E-state index in [0.29, 0.717) is 12.1 Å². The molecule has 2 aliphatic rings. The van der Waals surface area contributed by atoms with Crippen molar-refractivity contribution >= 4 is 10.0 Å². The highest BCUT2D eigenvalue weighted by atomic mass is 32.2. The monoisotopic (exact) mass is 303 g/mol. The van der Waals surface area contributed by atoms with Gasteiger partial charge in [-0.2, -0.15) is 0 Å². The van der Waals surface area contributed by atoms with Gasteiger partial charge in [-0.25, -0.2) is 13.1 Å². The fourth-order valence-electron chi connectivity index (χ4n) is 3.32. The standard InChI is InChI=1S/C14H29N3O2S/c1-12(2)15-8-3-4-11-20(18,19)16-13-7-10-17-9-5-6-14(13)17/h12-16H,3-11H2,1-2H3. The van der Waals surface area contributed by atoms with Crippen LogP contribution in [-0.4, -0.2) is 56.8 Å². The average Bonchev–Trinajstić information content (AvgIpc) is 2.93. The maximum Gasteiger partial charge on any atom is 0.211 e. The van der Waals surface area contributed by atoms with Crippen molar-refractivity contribution in [1.29, 1.82) is 0 Å². The van der Waals surface area contributed by atoms with Gasteiger partial charge >= 0.3 is 0 Å². The molecular weight excluding hydrogens is 274 g/mol. The molecule has 2 N–H and O–H groups in total. The van der Waals surface area contributed by atoms with Gasteiger partial charge in [0.05, 0.1) is 5.75 Å². The molecule has 0 aromatic rings. The number of unbranched alkanes of at least 4 members (excludes halogenated alkanes) is 1. The molecule has 0 aromatic carbocycles. The lowest BCUT2D eigenvalue weighted by Crippen LogP contribution is -2.43. The van der Waals surface area contributed by atoms with Crippen LogP contribution < -0.4 is 10.0 Å². The lowest BCUT2D eigenvalue weighted by Gasteiger charge is -2.21. The molecule has 20 heavy (non-hydrogen) atoms. The van der Waals surface area contributed by atoms with Crippen molar-refractivity contribution in [3.63, 3.8) is 0 Å². The van der Waals surface area contributed by atoms with Crippen molar-refractivity contribution in [2.24, 2.45) is 0 Å². The van der Waals surface area contributed by atoms with E-state index in [-0.39, 0.29) is 11.8 Å². The molecule has 5 nitrogen and oxygen atoms in total. The van der Waals surface area contributed by atoms with Crippen LogP contribution >= 0.6 is 0 Å². The van der Waals surface area contributed by atoms with Crippen LogP contribution in [0.3, 0.4) is 0 Å². The van der Waals surface area contributed by atoms with Gasteiger partial charge in [-0.3, -0.25) is 4.90 Å². The smallest absolute Gasteiger partial charge is 0.211 e. The summed E-state index contributed by atoms with van der Waals surface area (Å²) in [6.07, 6.45) is 4.98. The summed E-state index contributed by atoms with van der Waals surface area (Å²) in [5.41, 5.74) is 0. The van der Waals surface area contributed by atoms with Crippen LogP contribution in [0.15, 0.2) is 0 Å². The Hall–Kier alpha value is -0.170. The molecule has 0 radical (unpaired) electrons. The summed E-state index contributed by atoms with van der Waals surface area (Å²) in [6.45, 7) is 7.30. The van der Waals surface area contributed by atoms with Crippen LogP contribution in [0.5, 0.6) is 0 Å². The minimum Gasteiger partial charge on any atom is -0.315 e. The first-order valence-corrected chi connectivity index (χ1v) is 9.60. The van der Waals surface area contributed by atoms with Gasteiger partial charge in [0.1, 0.15) is 0 Å². The van der Waals surface area contributed by atoms with E-state index in [0.717, 1.165) is 45.3 Å². The molecule has 2 heterocycles. The van der Waals surface area contributed by atoms with Gasteiger partial charge in [-0.05, 0) is 45.2 Å². The summed E-state index contributed by atoms with van der Waals surface area (Å²) >= 11 is 0. The van der Waals surface area contributed by atoms with Gasteiger partial charge in [0.15, 0.2) is 0 Å². The summed E-state index contributed by atoms with van der Waals surface area (Å²) in [6, 6.07) is 1.07. The average molecular weight is 303 g/mol. The van der Waals surface area contributed by atoms with Gasteiger partial charge in [0.2, 0.25) is 10.0 Å². The highest BCUT2D eigenvalue weighted by molar-refractivity contribution is 7.89. The van der Waals surface area contributed by atoms with Gasteiger partial charge < -0.3 is 5.32 Å². The summed E-state index contributed by atoms with van der Waals surface area (Å²) in [5, 5.41) is 3.31. The lowest BCUT2D eigenvalue weighted by atomic mass is 10.1. The summed E-state index contributed by atoms with van der Waals surface area (Å²) < 4.78 is 27.2. The van der Waals surface area contributed by atoms with Crippen molar-refractivity contribution in [2.75, 3.05) is 25.4 Å². The third-order valence-electron chi connectivity index (χ3n) is 4.33. The first-order chi connectivity index (χ1) is 9.48. The Morgan fingerprint density at radius 1 is 1.20 bits per heavy atom. The molecule has 0 saturated carbocycles. The summed E-state index contributed by atoms with van der Waals surface area (Å²) in [5.74, 6) is 0.260. The van der Waals surface area contributed by atoms with Crippen LogP contribution in [0.4, 0.5) is 0 Å². The molecule has 2 fully saturated rings. The van der Waals surface area contributed by atoms with E-state index in [4.69, 9.17) is 0 Å². The molecule has 0 bridgehead atoms. The second-order valence-corrected chi connectivity index (χ2v) is 8.27. The first kappa shape index (κ1) is 16.2. The Morgan fingerprint density at radius 2 is 2.00 bits per heavy atom. The number of hydrogen-bond acceptors (Lipinski definition) is 4. The molecule has 2 rings (SSSR count). The molecular formula is C14H29N3O2S. The van der Waals surface area contributed by atoms with E-state index in [1.54, 1.807) is 0 Å². The molecule has 0 spiro atoms. The van der Waals surface area contributed by atoms with E-state index in [1.165, 1.54) is 6.42 Å². The van der Waals surface area contributed by atoms with Crippen LogP contribution in [0, 0.1) is 0 Å². The third-order valence-corrected chi connectivity index (χ3v) is 5.82. The second kappa shape index (κ2) is 7.20. The van der Waals surface area contributed by atoms with E-state index < -0.39 is 10.0 Å². The Kier molecular flexibility index (Phi) is 5.84. The number of sulfonamides is 1. The molecule has 2 saturated heterocycles. The maximum absolute atomic E-state index is 12.1. The van der Waals surface area contributed by atoms with Crippen molar-refractivity contribution in [2.45, 2.75) is 64.1 Å². The zero-order valence-corrected chi connectivity index (χ0v) is 13.6. The zero-order valence-electron chi connectivity index (χ0n) is 12.8. The minimum atomic E-state index is -3.11. The van der Waals surface area contributed by atoms with Gasteiger partial charge in [0.25, 0.3) is 0 Å². The van der Waals surface area contributed by atoms with E-state index in [9.17, 15) is 8.42 Å². The van der Waals surface area contributed by atoms with E-state index in [1.807, 2.05) is 0 Å². The zero-order chi connectivity index (χ0) is 14.6. The van der Waals surface area contributed by atoms with Crippen molar-refractivity contribution < 1.29 is 8.42 Å². The van der Waals surface area contributed by atoms with Gasteiger partial charge in [0, 0.05) is 24.7 Å². The number of nitrogens with one attached hydrogen (secondary N) is 2. The van der Waals surface area contributed by atoms with Crippen molar-refractivity contribution in [3.05, 3.63) is 0 Å². The molecule has 0 amide bonds. The predicted molar refractivity (Wildman–Crippen MR) is 82.3 cm³/mol. The topological polar surface area (TPSA) is 61.4 Å². The number of fused-ring (bicyclic) bond motifs is 1. The number of nitrogens with zero attached hydrogens (tertiary/aromatic N) is 1. The van der Waals surface area contributed by atoms with E-state index in [2.05, 4.69) is 28.8 Å². The fraction of sp³-hybridized carbons (Fsp3) is 1.00. The Morgan fingerprint density at radius 3 is 2.75 bits per heavy atom. The SMILES string of the molecule is CC(C)NCCCCS(=O)(=O)NC1CCN2CCCC12. The Balaban J connectivity index is 1.68. The fourth-order valence-corrected chi connectivity index (χ4v) is 4.76. The molecule has 2 atom stereocenters.